The van der Waals surface area contributed by atoms with Gasteiger partial charge >= 0.3 is 0 Å². The highest BCUT2D eigenvalue weighted by Crippen LogP contribution is 2.52. The summed E-state index contributed by atoms with van der Waals surface area (Å²) in [6, 6.07) is 22.4. The molecule has 1 fully saturated rings. The molecule has 3 heterocycles. The van der Waals surface area contributed by atoms with Gasteiger partial charge in [0.15, 0.2) is 0 Å². The van der Waals surface area contributed by atoms with Gasteiger partial charge in [0.05, 0.1) is 17.1 Å². The van der Waals surface area contributed by atoms with Crippen LogP contribution in [0.25, 0.3) is 5.69 Å². The zero-order chi connectivity index (χ0) is 15.4. The van der Waals surface area contributed by atoms with E-state index < -0.39 is 0 Å². The van der Waals surface area contributed by atoms with Crippen molar-refractivity contribution in [3.63, 3.8) is 0 Å². The van der Waals surface area contributed by atoms with Crippen LogP contribution in [0.3, 0.4) is 0 Å². The van der Waals surface area contributed by atoms with Crippen LogP contribution in [0.4, 0.5) is 5.69 Å². The summed E-state index contributed by atoms with van der Waals surface area (Å²) in [5.74, 6) is 0. The van der Waals surface area contributed by atoms with Crippen LogP contribution in [-0.2, 0) is 5.54 Å². The van der Waals surface area contributed by atoms with Gasteiger partial charge in [-0.25, -0.2) is 0 Å². The lowest BCUT2D eigenvalue weighted by Gasteiger charge is -2.45. The number of nitrogens with zero attached hydrogens (tertiary/aromatic N) is 2. The molecule has 0 bridgehead atoms. The summed E-state index contributed by atoms with van der Waals surface area (Å²) in [7, 11) is 0. The average Bonchev–Trinajstić information content (AvgIpc) is 3.23. The maximum Gasteiger partial charge on any atom is 0.106 e. The van der Waals surface area contributed by atoms with Crippen molar-refractivity contribution in [2.24, 2.45) is 0 Å². The first kappa shape index (κ1) is 13.0. The highest BCUT2D eigenvalue weighted by Gasteiger charge is 2.49. The SMILES string of the molecule is Cc1ccc(C23CCCN2c2ccccc2-n2cccc23)cc1. The Bertz CT molecular complexity index is 875. The van der Waals surface area contributed by atoms with Crippen LogP contribution in [0.15, 0.2) is 66.9 Å². The third kappa shape index (κ3) is 1.58. The Morgan fingerprint density at radius 3 is 2.48 bits per heavy atom. The standard InChI is InChI=1S/C21H20N2/c1-16-9-11-17(12-10-16)21-13-5-15-23(21)19-7-3-2-6-18(19)22-14-4-8-20(21)22/h2-4,6-12,14H,5,13,15H2,1H3. The van der Waals surface area contributed by atoms with Crippen LogP contribution in [0.5, 0.6) is 0 Å². The van der Waals surface area contributed by atoms with Gasteiger partial charge in [-0.05, 0) is 49.6 Å². The predicted octanol–water partition coefficient (Wildman–Crippen LogP) is 4.64. The van der Waals surface area contributed by atoms with Gasteiger partial charge in [-0.2, -0.15) is 0 Å². The van der Waals surface area contributed by atoms with Crippen molar-refractivity contribution in [1.82, 2.24) is 4.57 Å². The second-order valence-corrected chi connectivity index (χ2v) is 6.73. The number of aryl methyl sites for hydroxylation is 1. The molecule has 2 aliphatic heterocycles. The quantitative estimate of drug-likeness (QED) is 0.635. The minimum atomic E-state index is -0.0223. The molecule has 0 saturated carbocycles. The molecule has 114 valence electrons. The fraction of sp³-hybridized carbons (Fsp3) is 0.238. The molecule has 0 spiro atoms. The summed E-state index contributed by atoms with van der Waals surface area (Å²) in [4.78, 5) is 2.63. The summed E-state index contributed by atoms with van der Waals surface area (Å²) in [5.41, 5.74) is 6.77. The van der Waals surface area contributed by atoms with E-state index in [2.05, 4.69) is 83.3 Å². The van der Waals surface area contributed by atoms with E-state index in [0.717, 1.165) is 6.54 Å². The number of benzene rings is 2. The summed E-state index contributed by atoms with van der Waals surface area (Å²) >= 11 is 0. The number of fused-ring (bicyclic) bond motifs is 6. The first-order chi connectivity index (χ1) is 11.3. The molecule has 1 saturated heterocycles. The molecule has 0 radical (unpaired) electrons. The van der Waals surface area contributed by atoms with Crippen molar-refractivity contribution < 1.29 is 0 Å². The van der Waals surface area contributed by atoms with E-state index in [1.54, 1.807) is 0 Å². The molecule has 23 heavy (non-hydrogen) atoms. The Balaban J connectivity index is 1.83. The minimum Gasteiger partial charge on any atom is -0.355 e. The van der Waals surface area contributed by atoms with Crippen LogP contribution < -0.4 is 4.90 Å². The van der Waals surface area contributed by atoms with Crippen LogP contribution in [0.1, 0.15) is 29.7 Å². The van der Waals surface area contributed by atoms with E-state index in [1.807, 2.05) is 0 Å². The molecule has 1 aromatic heterocycles. The van der Waals surface area contributed by atoms with Gasteiger partial charge in [-0.3, -0.25) is 0 Å². The minimum absolute atomic E-state index is 0.0223. The molecule has 5 rings (SSSR count). The van der Waals surface area contributed by atoms with Gasteiger partial charge in [0.2, 0.25) is 0 Å². The lowest BCUT2D eigenvalue weighted by atomic mass is 9.82. The van der Waals surface area contributed by atoms with E-state index in [1.165, 1.54) is 41.0 Å². The van der Waals surface area contributed by atoms with Crippen LogP contribution in [-0.4, -0.2) is 11.1 Å². The predicted molar refractivity (Wildman–Crippen MR) is 94.3 cm³/mol. The topological polar surface area (TPSA) is 8.17 Å². The molecule has 1 atom stereocenters. The van der Waals surface area contributed by atoms with Crippen LogP contribution in [0, 0.1) is 6.92 Å². The van der Waals surface area contributed by atoms with Crippen molar-refractivity contribution in [2.45, 2.75) is 25.3 Å². The monoisotopic (exact) mass is 300 g/mol. The summed E-state index contributed by atoms with van der Waals surface area (Å²) in [6.45, 7) is 3.28. The summed E-state index contributed by atoms with van der Waals surface area (Å²) in [6.07, 6.45) is 4.61. The second-order valence-electron chi connectivity index (χ2n) is 6.73. The fourth-order valence-corrected chi connectivity index (χ4v) is 4.51. The molecule has 0 amide bonds. The van der Waals surface area contributed by atoms with Crippen molar-refractivity contribution in [1.29, 1.82) is 0 Å². The summed E-state index contributed by atoms with van der Waals surface area (Å²) < 4.78 is 2.39. The zero-order valence-corrected chi connectivity index (χ0v) is 13.4. The van der Waals surface area contributed by atoms with Crippen molar-refractivity contribution in [3.8, 4) is 5.69 Å². The smallest absolute Gasteiger partial charge is 0.106 e. The molecular formula is C21H20N2. The molecular weight excluding hydrogens is 280 g/mol. The fourth-order valence-electron chi connectivity index (χ4n) is 4.51. The molecule has 2 aromatic carbocycles. The number of anilines is 1. The van der Waals surface area contributed by atoms with Crippen LogP contribution in [0.2, 0.25) is 0 Å². The van der Waals surface area contributed by atoms with E-state index in [4.69, 9.17) is 0 Å². The molecule has 2 aliphatic rings. The number of aromatic nitrogens is 1. The van der Waals surface area contributed by atoms with E-state index >= 15 is 0 Å². The number of hydrogen-bond acceptors (Lipinski definition) is 1. The Labute approximate surface area is 137 Å². The zero-order valence-electron chi connectivity index (χ0n) is 13.4. The third-order valence-corrected chi connectivity index (χ3v) is 5.51. The normalized spacial score (nSPS) is 21.7. The van der Waals surface area contributed by atoms with E-state index in [-0.39, 0.29) is 5.54 Å². The molecule has 3 aromatic rings. The summed E-state index contributed by atoms with van der Waals surface area (Å²) in [5, 5.41) is 0. The van der Waals surface area contributed by atoms with E-state index in [9.17, 15) is 0 Å². The lowest BCUT2D eigenvalue weighted by molar-refractivity contribution is 0.497. The highest BCUT2D eigenvalue weighted by atomic mass is 15.3. The maximum absolute atomic E-state index is 2.63. The molecule has 0 N–H and O–H groups in total. The first-order valence-electron chi connectivity index (χ1n) is 8.43. The Morgan fingerprint density at radius 2 is 1.65 bits per heavy atom. The molecule has 1 unspecified atom stereocenters. The number of para-hydroxylation sites is 2. The Kier molecular flexibility index (Phi) is 2.55. The number of rotatable bonds is 1. The van der Waals surface area contributed by atoms with Gasteiger partial charge in [-0.15, -0.1) is 0 Å². The van der Waals surface area contributed by atoms with Gasteiger partial charge < -0.3 is 9.47 Å². The van der Waals surface area contributed by atoms with Crippen LogP contribution >= 0.6 is 0 Å². The maximum atomic E-state index is 2.63. The van der Waals surface area contributed by atoms with Gasteiger partial charge in [-0.1, -0.05) is 42.0 Å². The van der Waals surface area contributed by atoms with Crippen molar-refractivity contribution >= 4 is 5.69 Å². The average molecular weight is 300 g/mol. The molecule has 2 heteroatoms. The molecule has 0 aliphatic carbocycles. The van der Waals surface area contributed by atoms with E-state index in [0.29, 0.717) is 0 Å². The van der Waals surface area contributed by atoms with Crippen molar-refractivity contribution in [2.75, 3.05) is 11.4 Å². The third-order valence-electron chi connectivity index (χ3n) is 5.51. The number of hydrogen-bond donors (Lipinski definition) is 0. The van der Waals surface area contributed by atoms with Crippen molar-refractivity contribution in [3.05, 3.63) is 83.7 Å². The van der Waals surface area contributed by atoms with Gasteiger partial charge in [0.1, 0.15) is 5.54 Å². The van der Waals surface area contributed by atoms with Gasteiger partial charge in [0.25, 0.3) is 0 Å². The first-order valence-corrected chi connectivity index (χ1v) is 8.43. The Morgan fingerprint density at radius 1 is 0.870 bits per heavy atom. The van der Waals surface area contributed by atoms with Gasteiger partial charge in [0, 0.05) is 12.7 Å². The Hall–Kier alpha value is -2.48. The second kappa shape index (κ2) is 4.51. The largest absolute Gasteiger partial charge is 0.355 e. The lowest BCUT2D eigenvalue weighted by Crippen LogP contribution is -2.46. The highest BCUT2D eigenvalue weighted by molar-refractivity contribution is 5.71. The molecule has 2 nitrogen and oxygen atoms in total.